The SMILES string of the molecule is CCCOc1ccc(C(=O)c2ccc(N)cc2)c(OCCC)c1. The van der Waals surface area contributed by atoms with Gasteiger partial charge in [0.15, 0.2) is 5.78 Å². The van der Waals surface area contributed by atoms with Crippen molar-refractivity contribution in [2.24, 2.45) is 0 Å². The van der Waals surface area contributed by atoms with Gasteiger partial charge < -0.3 is 15.2 Å². The second kappa shape index (κ2) is 8.22. The molecule has 0 aliphatic heterocycles. The van der Waals surface area contributed by atoms with Crippen molar-refractivity contribution in [1.29, 1.82) is 0 Å². The van der Waals surface area contributed by atoms with Crippen LogP contribution in [0.4, 0.5) is 5.69 Å². The van der Waals surface area contributed by atoms with Crippen molar-refractivity contribution in [3.05, 3.63) is 53.6 Å². The molecule has 0 fully saturated rings. The average Bonchev–Trinajstić information content (AvgIpc) is 2.58. The Morgan fingerprint density at radius 1 is 0.957 bits per heavy atom. The smallest absolute Gasteiger partial charge is 0.196 e. The summed E-state index contributed by atoms with van der Waals surface area (Å²) in [6, 6.07) is 12.2. The van der Waals surface area contributed by atoms with E-state index in [4.69, 9.17) is 15.2 Å². The molecule has 0 bridgehead atoms. The van der Waals surface area contributed by atoms with Crippen molar-refractivity contribution in [3.8, 4) is 11.5 Å². The van der Waals surface area contributed by atoms with Gasteiger partial charge in [0.1, 0.15) is 11.5 Å². The lowest BCUT2D eigenvalue weighted by atomic mass is 10.0. The Bertz CT molecular complexity index is 650. The monoisotopic (exact) mass is 313 g/mol. The van der Waals surface area contributed by atoms with Gasteiger partial charge >= 0.3 is 0 Å². The van der Waals surface area contributed by atoms with Gasteiger partial charge in [-0.2, -0.15) is 0 Å². The highest BCUT2D eigenvalue weighted by molar-refractivity contribution is 6.10. The van der Waals surface area contributed by atoms with E-state index in [9.17, 15) is 4.79 Å². The Kier molecular flexibility index (Phi) is 6.03. The number of benzene rings is 2. The molecule has 122 valence electrons. The van der Waals surface area contributed by atoms with Crippen LogP contribution in [0.15, 0.2) is 42.5 Å². The minimum Gasteiger partial charge on any atom is -0.493 e. The molecular formula is C19H23NO3. The predicted molar refractivity (Wildman–Crippen MR) is 92.3 cm³/mol. The van der Waals surface area contributed by atoms with Gasteiger partial charge in [0.2, 0.25) is 0 Å². The largest absolute Gasteiger partial charge is 0.493 e. The van der Waals surface area contributed by atoms with E-state index in [1.165, 1.54) is 0 Å². The number of hydrogen-bond donors (Lipinski definition) is 1. The summed E-state index contributed by atoms with van der Waals surface area (Å²) in [4.78, 5) is 12.7. The minimum atomic E-state index is -0.0851. The van der Waals surface area contributed by atoms with Crippen molar-refractivity contribution in [3.63, 3.8) is 0 Å². The number of hydrogen-bond acceptors (Lipinski definition) is 4. The van der Waals surface area contributed by atoms with Crippen molar-refractivity contribution < 1.29 is 14.3 Å². The third-order valence-corrected chi connectivity index (χ3v) is 3.31. The van der Waals surface area contributed by atoms with Crippen molar-refractivity contribution >= 4 is 11.5 Å². The van der Waals surface area contributed by atoms with E-state index in [-0.39, 0.29) is 5.78 Å². The van der Waals surface area contributed by atoms with Crippen LogP contribution >= 0.6 is 0 Å². The van der Waals surface area contributed by atoms with E-state index < -0.39 is 0 Å². The molecule has 0 atom stereocenters. The lowest BCUT2D eigenvalue weighted by Gasteiger charge is -2.13. The average molecular weight is 313 g/mol. The molecule has 0 heterocycles. The van der Waals surface area contributed by atoms with Gasteiger partial charge in [-0.15, -0.1) is 0 Å². The Morgan fingerprint density at radius 2 is 1.61 bits per heavy atom. The Labute approximate surface area is 137 Å². The number of anilines is 1. The van der Waals surface area contributed by atoms with Gasteiger partial charge in [-0.25, -0.2) is 0 Å². The molecule has 0 aliphatic carbocycles. The first-order chi connectivity index (χ1) is 11.2. The molecule has 4 heteroatoms. The lowest BCUT2D eigenvalue weighted by molar-refractivity contribution is 0.103. The molecular weight excluding hydrogens is 290 g/mol. The highest BCUT2D eigenvalue weighted by Crippen LogP contribution is 2.28. The molecule has 0 saturated heterocycles. The summed E-state index contributed by atoms with van der Waals surface area (Å²) < 4.78 is 11.4. The van der Waals surface area contributed by atoms with E-state index in [0.717, 1.165) is 12.8 Å². The van der Waals surface area contributed by atoms with E-state index >= 15 is 0 Å². The zero-order chi connectivity index (χ0) is 16.7. The molecule has 0 unspecified atom stereocenters. The molecule has 0 saturated carbocycles. The van der Waals surface area contributed by atoms with Crippen LogP contribution in [0.5, 0.6) is 11.5 Å². The van der Waals surface area contributed by atoms with Crippen LogP contribution in [0.2, 0.25) is 0 Å². The number of carbonyl (C=O) groups is 1. The van der Waals surface area contributed by atoms with Crippen LogP contribution in [0, 0.1) is 0 Å². The second-order valence-electron chi connectivity index (χ2n) is 5.31. The summed E-state index contributed by atoms with van der Waals surface area (Å²) in [6.07, 6.45) is 1.80. The summed E-state index contributed by atoms with van der Waals surface area (Å²) in [7, 11) is 0. The van der Waals surface area contributed by atoms with Crippen LogP contribution in [0.25, 0.3) is 0 Å². The number of nitrogen functional groups attached to an aromatic ring is 1. The summed E-state index contributed by atoms with van der Waals surface area (Å²) in [5.41, 5.74) is 7.43. The van der Waals surface area contributed by atoms with Crippen LogP contribution < -0.4 is 15.2 Å². The molecule has 0 amide bonds. The summed E-state index contributed by atoms with van der Waals surface area (Å²) in [6.45, 7) is 5.27. The van der Waals surface area contributed by atoms with Crippen LogP contribution in [0.3, 0.4) is 0 Å². The minimum absolute atomic E-state index is 0.0851. The maximum Gasteiger partial charge on any atom is 0.196 e. The molecule has 4 nitrogen and oxygen atoms in total. The van der Waals surface area contributed by atoms with E-state index in [0.29, 0.717) is 41.5 Å². The Hall–Kier alpha value is -2.49. The molecule has 2 aromatic carbocycles. The van der Waals surface area contributed by atoms with Gasteiger partial charge in [-0.05, 0) is 49.2 Å². The van der Waals surface area contributed by atoms with E-state index in [2.05, 4.69) is 0 Å². The summed E-state index contributed by atoms with van der Waals surface area (Å²) >= 11 is 0. The highest BCUT2D eigenvalue weighted by Gasteiger charge is 2.16. The first-order valence-electron chi connectivity index (χ1n) is 7.95. The first-order valence-corrected chi connectivity index (χ1v) is 7.95. The summed E-state index contributed by atoms with van der Waals surface area (Å²) in [5.74, 6) is 1.19. The second-order valence-corrected chi connectivity index (χ2v) is 5.31. The van der Waals surface area contributed by atoms with Crippen LogP contribution in [-0.4, -0.2) is 19.0 Å². The number of rotatable bonds is 8. The topological polar surface area (TPSA) is 61.5 Å². The summed E-state index contributed by atoms with van der Waals surface area (Å²) in [5, 5.41) is 0. The number of carbonyl (C=O) groups excluding carboxylic acids is 1. The molecule has 0 radical (unpaired) electrons. The van der Waals surface area contributed by atoms with Crippen molar-refractivity contribution in [2.45, 2.75) is 26.7 Å². The zero-order valence-corrected chi connectivity index (χ0v) is 13.7. The molecule has 2 aromatic rings. The van der Waals surface area contributed by atoms with Gasteiger partial charge in [-0.1, -0.05) is 13.8 Å². The maximum absolute atomic E-state index is 12.7. The molecule has 0 spiro atoms. The predicted octanol–water partition coefficient (Wildman–Crippen LogP) is 4.08. The number of nitrogens with two attached hydrogens (primary N) is 1. The molecule has 0 aromatic heterocycles. The van der Waals surface area contributed by atoms with E-state index in [1.54, 1.807) is 42.5 Å². The first kappa shape index (κ1) is 16.9. The van der Waals surface area contributed by atoms with Gasteiger partial charge in [0, 0.05) is 17.3 Å². The molecule has 0 aliphatic rings. The van der Waals surface area contributed by atoms with Gasteiger partial charge in [-0.3, -0.25) is 4.79 Å². The number of ketones is 1. The fourth-order valence-corrected chi connectivity index (χ4v) is 2.12. The Balaban J connectivity index is 2.31. The van der Waals surface area contributed by atoms with Crippen molar-refractivity contribution in [1.82, 2.24) is 0 Å². The third-order valence-electron chi connectivity index (χ3n) is 3.31. The normalized spacial score (nSPS) is 10.3. The fourth-order valence-electron chi connectivity index (χ4n) is 2.12. The maximum atomic E-state index is 12.7. The third kappa shape index (κ3) is 4.49. The number of ether oxygens (including phenoxy) is 2. The van der Waals surface area contributed by atoms with Crippen LogP contribution in [-0.2, 0) is 0 Å². The standard InChI is InChI=1S/C19H23NO3/c1-3-11-22-16-9-10-17(18(13-16)23-12-4-2)19(21)14-5-7-15(20)8-6-14/h5-10,13H,3-4,11-12,20H2,1-2H3. The lowest BCUT2D eigenvalue weighted by Crippen LogP contribution is -2.07. The molecule has 23 heavy (non-hydrogen) atoms. The zero-order valence-electron chi connectivity index (χ0n) is 13.7. The van der Waals surface area contributed by atoms with Gasteiger partial charge in [0.05, 0.1) is 18.8 Å². The molecule has 2 N–H and O–H groups in total. The van der Waals surface area contributed by atoms with E-state index in [1.807, 2.05) is 13.8 Å². The van der Waals surface area contributed by atoms with Gasteiger partial charge in [0.25, 0.3) is 0 Å². The quantitative estimate of drug-likeness (QED) is 0.589. The fraction of sp³-hybridized carbons (Fsp3) is 0.316. The molecule has 2 rings (SSSR count). The Morgan fingerprint density at radius 3 is 2.26 bits per heavy atom. The highest BCUT2D eigenvalue weighted by atomic mass is 16.5. The van der Waals surface area contributed by atoms with Crippen LogP contribution in [0.1, 0.15) is 42.6 Å². The van der Waals surface area contributed by atoms with Crippen molar-refractivity contribution in [2.75, 3.05) is 18.9 Å².